The lowest BCUT2D eigenvalue weighted by Gasteiger charge is -2.26. The summed E-state index contributed by atoms with van der Waals surface area (Å²) in [5, 5.41) is 3.95. The van der Waals surface area contributed by atoms with Crippen LogP contribution in [-0.4, -0.2) is 67.6 Å². The molecule has 0 saturated carbocycles. The second-order valence-electron chi connectivity index (χ2n) is 9.15. The van der Waals surface area contributed by atoms with Gasteiger partial charge in [0.25, 0.3) is 0 Å². The highest BCUT2D eigenvalue weighted by atomic mass is 16.6. The van der Waals surface area contributed by atoms with Gasteiger partial charge in [-0.05, 0) is 12.5 Å². The molecule has 196 valence electrons. The number of hydrogen-bond acceptors (Lipinski definition) is 11. The molecule has 13 nitrogen and oxygen atoms in total. The molecule has 2 aromatic rings. The molecule has 0 spiro atoms. The minimum Gasteiger partial charge on any atom is -0.469 e. The molecular weight excluding hydrogens is 474 g/mol. The topological polar surface area (TPSA) is 154 Å². The van der Waals surface area contributed by atoms with Crippen molar-refractivity contribution >= 4 is 17.9 Å². The van der Waals surface area contributed by atoms with E-state index >= 15 is 0 Å². The van der Waals surface area contributed by atoms with Crippen LogP contribution in [0.25, 0.3) is 5.82 Å². The first-order chi connectivity index (χ1) is 17.0. The largest absolute Gasteiger partial charge is 0.469 e. The van der Waals surface area contributed by atoms with E-state index in [-0.39, 0.29) is 12.2 Å². The molecule has 36 heavy (non-hydrogen) atoms. The van der Waals surface area contributed by atoms with E-state index in [9.17, 15) is 19.2 Å². The van der Waals surface area contributed by atoms with E-state index in [1.165, 1.54) is 36.7 Å². The molecule has 1 aliphatic heterocycles. The quantitative estimate of drug-likeness (QED) is 0.355. The summed E-state index contributed by atoms with van der Waals surface area (Å²) < 4.78 is 24.8. The van der Waals surface area contributed by atoms with Gasteiger partial charge in [-0.15, -0.1) is 0 Å². The van der Waals surface area contributed by atoms with Crippen molar-refractivity contribution in [2.24, 2.45) is 17.8 Å². The standard InChI is InChI=1S/C23H31N5O8/c1-12(2)20(29)35-17-15(9-14(5)22(31)33-6)34-19(18(17)36-21(30)13(3)4)27-8-7-16(26-23(27)32)28-11-24-10-25-28/h7-8,10-15,17-19H,9H2,1-6H3/t14?,15-,17-,18-,19?/m1/s1. The summed E-state index contributed by atoms with van der Waals surface area (Å²) in [6.45, 7) is 8.27. The van der Waals surface area contributed by atoms with Crippen LogP contribution in [0.5, 0.6) is 0 Å². The Balaban J connectivity index is 2.02. The molecule has 0 amide bonds. The van der Waals surface area contributed by atoms with E-state index in [1.807, 2.05) is 0 Å². The van der Waals surface area contributed by atoms with Crippen LogP contribution in [0.1, 0.15) is 47.3 Å². The first-order valence-corrected chi connectivity index (χ1v) is 11.6. The molecule has 1 saturated heterocycles. The monoisotopic (exact) mass is 505 g/mol. The van der Waals surface area contributed by atoms with Crippen molar-refractivity contribution in [3.05, 3.63) is 35.4 Å². The van der Waals surface area contributed by atoms with Crippen molar-refractivity contribution in [3.8, 4) is 5.82 Å². The van der Waals surface area contributed by atoms with E-state index in [0.29, 0.717) is 0 Å². The number of aromatic nitrogens is 5. The molecule has 5 atom stereocenters. The molecule has 2 aromatic heterocycles. The van der Waals surface area contributed by atoms with Crippen LogP contribution in [0.2, 0.25) is 0 Å². The van der Waals surface area contributed by atoms with E-state index in [2.05, 4.69) is 15.1 Å². The molecule has 1 fully saturated rings. The summed E-state index contributed by atoms with van der Waals surface area (Å²) in [5.41, 5.74) is -0.714. The molecule has 2 unspecified atom stereocenters. The second-order valence-corrected chi connectivity index (χ2v) is 9.15. The molecular formula is C23H31N5O8. The zero-order valence-electron chi connectivity index (χ0n) is 21.1. The molecule has 1 aliphatic rings. The van der Waals surface area contributed by atoms with E-state index in [0.717, 1.165) is 4.57 Å². The fraction of sp³-hybridized carbons (Fsp3) is 0.609. The number of rotatable bonds is 9. The smallest absolute Gasteiger partial charge is 0.351 e. The van der Waals surface area contributed by atoms with Gasteiger partial charge in [-0.1, -0.05) is 34.6 Å². The van der Waals surface area contributed by atoms with E-state index in [4.69, 9.17) is 18.9 Å². The van der Waals surface area contributed by atoms with Crippen LogP contribution < -0.4 is 5.69 Å². The minimum atomic E-state index is -1.17. The van der Waals surface area contributed by atoms with Gasteiger partial charge >= 0.3 is 23.6 Å². The number of carbonyl (C=O) groups excluding carboxylic acids is 3. The lowest BCUT2D eigenvalue weighted by atomic mass is 9.98. The maximum atomic E-state index is 13.0. The van der Waals surface area contributed by atoms with Crippen LogP contribution in [0.15, 0.2) is 29.7 Å². The number of ether oxygens (including phenoxy) is 4. The normalized spacial score (nSPS) is 22.4. The fourth-order valence-corrected chi connectivity index (χ4v) is 3.63. The zero-order valence-corrected chi connectivity index (χ0v) is 21.1. The van der Waals surface area contributed by atoms with Crippen molar-refractivity contribution in [1.82, 2.24) is 24.3 Å². The average molecular weight is 506 g/mol. The van der Waals surface area contributed by atoms with Gasteiger partial charge in [0.1, 0.15) is 18.8 Å². The summed E-state index contributed by atoms with van der Waals surface area (Å²) >= 11 is 0. The van der Waals surface area contributed by atoms with Gasteiger partial charge < -0.3 is 18.9 Å². The summed E-state index contributed by atoms with van der Waals surface area (Å²) in [4.78, 5) is 58.1. The van der Waals surface area contributed by atoms with Crippen LogP contribution >= 0.6 is 0 Å². The fourth-order valence-electron chi connectivity index (χ4n) is 3.63. The van der Waals surface area contributed by atoms with Gasteiger partial charge in [-0.2, -0.15) is 10.1 Å². The van der Waals surface area contributed by atoms with Gasteiger partial charge in [0, 0.05) is 6.20 Å². The molecule has 0 bridgehead atoms. The average Bonchev–Trinajstić information content (AvgIpc) is 3.48. The Hall–Kier alpha value is -3.61. The molecule has 0 radical (unpaired) electrons. The summed E-state index contributed by atoms with van der Waals surface area (Å²) in [6, 6.07) is 1.51. The van der Waals surface area contributed by atoms with E-state index < -0.39 is 65.9 Å². The van der Waals surface area contributed by atoms with Crippen LogP contribution in [0, 0.1) is 17.8 Å². The highest BCUT2D eigenvalue weighted by Gasteiger charge is 2.51. The molecule has 3 rings (SSSR count). The van der Waals surface area contributed by atoms with Crippen LogP contribution in [-0.2, 0) is 33.3 Å². The van der Waals surface area contributed by atoms with Gasteiger partial charge in [0.2, 0.25) is 0 Å². The predicted molar refractivity (Wildman–Crippen MR) is 123 cm³/mol. The molecule has 3 heterocycles. The second kappa shape index (κ2) is 11.4. The van der Waals surface area contributed by atoms with E-state index in [1.54, 1.807) is 34.6 Å². The number of nitrogens with zero attached hydrogens (tertiary/aromatic N) is 5. The Morgan fingerprint density at radius 1 is 1.03 bits per heavy atom. The minimum absolute atomic E-state index is 0.0914. The summed E-state index contributed by atoms with van der Waals surface area (Å²) in [5.74, 6) is -2.97. The Labute approximate surface area is 207 Å². The Morgan fingerprint density at radius 3 is 2.19 bits per heavy atom. The Bertz CT molecular complexity index is 1130. The number of carbonyl (C=O) groups is 3. The maximum absolute atomic E-state index is 13.0. The predicted octanol–water partition coefficient (Wildman–Crippen LogP) is 1.06. The van der Waals surface area contributed by atoms with Gasteiger partial charge in [-0.3, -0.25) is 19.0 Å². The third-order valence-electron chi connectivity index (χ3n) is 5.67. The summed E-state index contributed by atoms with van der Waals surface area (Å²) in [7, 11) is 1.27. The zero-order chi connectivity index (χ0) is 26.6. The van der Waals surface area contributed by atoms with Crippen molar-refractivity contribution < 1.29 is 33.3 Å². The lowest BCUT2D eigenvalue weighted by Crippen LogP contribution is -2.43. The third-order valence-corrected chi connectivity index (χ3v) is 5.67. The van der Waals surface area contributed by atoms with Crippen molar-refractivity contribution in [1.29, 1.82) is 0 Å². The third kappa shape index (κ3) is 5.96. The first-order valence-electron chi connectivity index (χ1n) is 11.6. The maximum Gasteiger partial charge on any atom is 0.351 e. The molecule has 0 aromatic carbocycles. The lowest BCUT2D eigenvalue weighted by molar-refractivity contribution is -0.172. The van der Waals surface area contributed by atoms with Crippen molar-refractivity contribution in [2.45, 2.75) is 65.6 Å². The first kappa shape index (κ1) is 27.0. The SMILES string of the molecule is COC(=O)C(C)C[C@H]1OC(n2ccc(-n3cncn3)nc2=O)[C@H](OC(=O)C(C)C)[C@@H]1OC(=O)C(C)C. The van der Waals surface area contributed by atoms with Crippen LogP contribution in [0.3, 0.4) is 0 Å². The van der Waals surface area contributed by atoms with Crippen molar-refractivity contribution in [3.63, 3.8) is 0 Å². The van der Waals surface area contributed by atoms with Gasteiger partial charge in [0.05, 0.1) is 24.9 Å². The number of hydrogen-bond donors (Lipinski definition) is 0. The molecule has 0 N–H and O–H groups in total. The molecule has 0 aliphatic carbocycles. The van der Waals surface area contributed by atoms with Gasteiger partial charge in [0.15, 0.2) is 24.3 Å². The van der Waals surface area contributed by atoms with Crippen molar-refractivity contribution in [2.75, 3.05) is 7.11 Å². The highest BCUT2D eigenvalue weighted by molar-refractivity contribution is 5.73. The molecule has 13 heteroatoms. The Kier molecular flexibility index (Phi) is 8.56. The number of esters is 3. The highest BCUT2D eigenvalue weighted by Crippen LogP contribution is 2.37. The van der Waals surface area contributed by atoms with Crippen LogP contribution in [0.4, 0.5) is 0 Å². The Morgan fingerprint density at radius 2 is 1.67 bits per heavy atom. The summed E-state index contributed by atoms with van der Waals surface area (Å²) in [6.07, 6.45) is -0.104. The van der Waals surface area contributed by atoms with Gasteiger partial charge in [-0.25, -0.2) is 14.5 Å². The number of methoxy groups -OCH3 is 1.